The second kappa shape index (κ2) is 13.6. The topological polar surface area (TPSA) is 131 Å². The molecule has 0 amide bonds. The van der Waals surface area contributed by atoms with Gasteiger partial charge in [0.15, 0.2) is 10.9 Å². The maximum atomic E-state index is 12.7. The van der Waals surface area contributed by atoms with Gasteiger partial charge in [0.2, 0.25) is 0 Å². The van der Waals surface area contributed by atoms with Crippen LogP contribution in [0.3, 0.4) is 0 Å². The summed E-state index contributed by atoms with van der Waals surface area (Å²) in [5.74, 6) is 1.13. The number of benzene rings is 4. The number of rotatable bonds is 6. The third-order valence-corrected chi connectivity index (χ3v) is 6.78. The van der Waals surface area contributed by atoms with Gasteiger partial charge in [-0.15, -0.1) is 0 Å². The summed E-state index contributed by atoms with van der Waals surface area (Å²) in [7, 11) is 3.14. The summed E-state index contributed by atoms with van der Waals surface area (Å²) in [6, 6.07) is 23.7. The van der Waals surface area contributed by atoms with E-state index in [1.165, 1.54) is 38.5 Å². The predicted molar refractivity (Wildman–Crippen MR) is 172 cm³/mol. The first-order valence-electron chi connectivity index (χ1n) is 13.9. The highest BCUT2D eigenvalue weighted by molar-refractivity contribution is 5.84. The first kappa shape index (κ1) is 31.3. The fourth-order valence-corrected chi connectivity index (χ4v) is 4.66. The first-order valence-corrected chi connectivity index (χ1v) is 13.9. The van der Waals surface area contributed by atoms with Crippen LogP contribution in [-0.2, 0) is 9.59 Å². The van der Waals surface area contributed by atoms with Gasteiger partial charge in [-0.2, -0.15) is 0 Å². The maximum Gasteiger partial charge on any atom is 0.308 e. The Morgan fingerprint density at radius 2 is 0.957 bits per heavy atom. The van der Waals surface area contributed by atoms with Crippen LogP contribution in [0.15, 0.2) is 116 Å². The van der Waals surface area contributed by atoms with Gasteiger partial charge in [-0.1, -0.05) is 24.3 Å². The van der Waals surface area contributed by atoms with Crippen molar-refractivity contribution in [2.45, 2.75) is 13.8 Å². The fourth-order valence-electron chi connectivity index (χ4n) is 4.66. The standard InChI is InChI=1S/2C18H14O5/c2*1-11(19)23-14-6-7-15-17(9-14)22-10-16(18(15)20)12-4-3-5-13(8-12)21-2/h2*3-10H,1-2H3. The quantitative estimate of drug-likeness (QED) is 0.145. The molecule has 6 rings (SSSR count). The zero-order valence-electron chi connectivity index (χ0n) is 25.3. The molecule has 0 fully saturated rings. The number of carbonyl (C=O) groups excluding carboxylic acids is 2. The molecule has 0 atom stereocenters. The Hall–Kier alpha value is -6.16. The minimum Gasteiger partial charge on any atom is -0.497 e. The molecule has 232 valence electrons. The molecule has 2 aromatic heterocycles. The van der Waals surface area contributed by atoms with Gasteiger partial charge in [0.05, 0.1) is 36.1 Å². The lowest BCUT2D eigenvalue weighted by Gasteiger charge is -2.06. The summed E-state index contributed by atoms with van der Waals surface area (Å²) in [6.45, 7) is 2.62. The minimum atomic E-state index is -0.431. The number of ether oxygens (including phenoxy) is 4. The number of fused-ring (bicyclic) bond motifs is 2. The van der Waals surface area contributed by atoms with Gasteiger partial charge in [-0.05, 0) is 59.7 Å². The van der Waals surface area contributed by atoms with Crippen molar-refractivity contribution >= 4 is 33.9 Å². The summed E-state index contributed by atoms with van der Waals surface area (Å²) in [4.78, 5) is 47.3. The van der Waals surface area contributed by atoms with Gasteiger partial charge < -0.3 is 27.8 Å². The van der Waals surface area contributed by atoms with Crippen LogP contribution < -0.4 is 29.8 Å². The molecule has 0 spiro atoms. The van der Waals surface area contributed by atoms with Crippen LogP contribution in [0.4, 0.5) is 0 Å². The highest BCUT2D eigenvalue weighted by Gasteiger charge is 2.13. The Morgan fingerprint density at radius 1 is 0.543 bits per heavy atom. The molecule has 6 aromatic rings. The monoisotopic (exact) mass is 620 g/mol. The third-order valence-electron chi connectivity index (χ3n) is 6.78. The second-order valence-corrected chi connectivity index (χ2v) is 9.92. The maximum absolute atomic E-state index is 12.7. The highest BCUT2D eigenvalue weighted by Crippen LogP contribution is 2.27. The Balaban J connectivity index is 0.000000181. The van der Waals surface area contributed by atoms with Crippen molar-refractivity contribution in [2.75, 3.05) is 14.2 Å². The molecule has 2 heterocycles. The largest absolute Gasteiger partial charge is 0.497 e. The lowest BCUT2D eigenvalue weighted by Crippen LogP contribution is -2.06. The summed E-state index contributed by atoms with van der Waals surface area (Å²) in [5, 5.41) is 0.836. The van der Waals surface area contributed by atoms with Gasteiger partial charge in [-0.3, -0.25) is 19.2 Å². The molecular formula is C36H28O10. The van der Waals surface area contributed by atoms with E-state index in [0.29, 0.717) is 67.2 Å². The Kier molecular flexibility index (Phi) is 9.28. The van der Waals surface area contributed by atoms with E-state index in [2.05, 4.69) is 0 Å². The van der Waals surface area contributed by atoms with Crippen LogP contribution in [0.1, 0.15) is 13.8 Å². The molecule has 0 aliphatic carbocycles. The van der Waals surface area contributed by atoms with E-state index < -0.39 is 11.9 Å². The molecule has 10 heteroatoms. The predicted octanol–water partition coefficient (Wildman–Crippen LogP) is 6.79. The third kappa shape index (κ3) is 6.97. The van der Waals surface area contributed by atoms with E-state index in [9.17, 15) is 19.2 Å². The second-order valence-electron chi connectivity index (χ2n) is 9.92. The van der Waals surface area contributed by atoms with E-state index in [4.69, 9.17) is 27.8 Å². The molecule has 0 radical (unpaired) electrons. The van der Waals surface area contributed by atoms with Gasteiger partial charge in [0.25, 0.3) is 0 Å². The van der Waals surface area contributed by atoms with Gasteiger partial charge in [0.1, 0.15) is 46.7 Å². The molecule has 0 unspecified atom stereocenters. The van der Waals surface area contributed by atoms with Crippen LogP contribution in [0.25, 0.3) is 44.2 Å². The molecule has 4 aromatic carbocycles. The summed E-state index contributed by atoms with van der Waals surface area (Å²) < 4.78 is 31.4. The van der Waals surface area contributed by atoms with Crippen LogP contribution in [0.2, 0.25) is 0 Å². The molecule has 0 N–H and O–H groups in total. The van der Waals surface area contributed by atoms with E-state index in [1.807, 2.05) is 24.3 Å². The average Bonchev–Trinajstić information content (AvgIpc) is 3.05. The highest BCUT2D eigenvalue weighted by atomic mass is 16.5. The van der Waals surface area contributed by atoms with Crippen molar-refractivity contribution in [1.29, 1.82) is 0 Å². The Labute approximate surface area is 262 Å². The Morgan fingerprint density at radius 3 is 1.33 bits per heavy atom. The summed E-state index contributed by atoms with van der Waals surface area (Å²) in [6.07, 6.45) is 2.80. The number of esters is 2. The molecule has 0 saturated carbocycles. The normalized spacial score (nSPS) is 10.5. The molecule has 0 aliphatic rings. The molecule has 0 bridgehead atoms. The van der Waals surface area contributed by atoms with Gasteiger partial charge in [0, 0.05) is 26.0 Å². The van der Waals surface area contributed by atoms with E-state index in [-0.39, 0.29) is 10.9 Å². The molecule has 46 heavy (non-hydrogen) atoms. The first-order chi connectivity index (χ1) is 22.2. The van der Waals surface area contributed by atoms with Crippen LogP contribution in [0, 0.1) is 0 Å². The number of carbonyl (C=O) groups is 2. The number of hydrogen-bond acceptors (Lipinski definition) is 10. The van der Waals surface area contributed by atoms with Gasteiger partial charge in [-0.25, -0.2) is 0 Å². The van der Waals surface area contributed by atoms with Crippen LogP contribution in [0.5, 0.6) is 23.0 Å². The van der Waals surface area contributed by atoms with Crippen molar-refractivity contribution in [2.24, 2.45) is 0 Å². The van der Waals surface area contributed by atoms with Gasteiger partial charge >= 0.3 is 11.9 Å². The van der Waals surface area contributed by atoms with E-state index >= 15 is 0 Å². The zero-order chi connectivity index (χ0) is 32.8. The lowest BCUT2D eigenvalue weighted by atomic mass is 10.1. The Bertz CT molecular complexity index is 2040. The number of methoxy groups -OCH3 is 2. The van der Waals surface area contributed by atoms with Crippen LogP contribution >= 0.6 is 0 Å². The minimum absolute atomic E-state index is 0.158. The van der Waals surface area contributed by atoms with Crippen molar-refractivity contribution in [3.63, 3.8) is 0 Å². The average molecular weight is 621 g/mol. The van der Waals surface area contributed by atoms with Crippen molar-refractivity contribution in [1.82, 2.24) is 0 Å². The summed E-state index contributed by atoms with van der Waals surface area (Å²) >= 11 is 0. The number of hydrogen-bond donors (Lipinski definition) is 0. The van der Waals surface area contributed by atoms with E-state index in [0.717, 1.165) is 0 Å². The summed E-state index contributed by atoms with van der Waals surface area (Å²) in [5.41, 5.74) is 2.71. The molecular weight excluding hydrogens is 592 g/mol. The SMILES string of the molecule is COc1cccc(-c2coc3cc(OC(C)=O)ccc3c2=O)c1.COc1cccc(-c2coc3cc(OC(C)=O)ccc3c2=O)c1. The molecule has 0 aliphatic heterocycles. The van der Waals surface area contributed by atoms with E-state index in [1.54, 1.807) is 62.8 Å². The van der Waals surface area contributed by atoms with Crippen LogP contribution in [-0.4, -0.2) is 26.2 Å². The zero-order valence-corrected chi connectivity index (χ0v) is 25.3. The van der Waals surface area contributed by atoms with Crippen molar-refractivity contribution in [3.05, 3.63) is 118 Å². The van der Waals surface area contributed by atoms with Crippen molar-refractivity contribution < 1.29 is 37.4 Å². The fraction of sp³-hybridized carbons (Fsp3) is 0.111. The molecule has 10 nitrogen and oxygen atoms in total. The lowest BCUT2D eigenvalue weighted by molar-refractivity contribution is -0.132. The van der Waals surface area contributed by atoms with Crippen molar-refractivity contribution in [3.8, 4) is 45.3 Å². The molecule has 0 saturated heterocycles. The smallest absolute Gasteiger partial charge is 0.308 e.